The SMILES string of the molecule is CC(C)(C)[C@H](N)c1c(Cl)cncc1Cl.Cl. The molecule has 1 heterocycles. The normalized spacial score (nSPS) is 13.2. The van der Waals surface area contributed by atoms with Crippen LogP contribution in [0.15, 0.2) is 12.4 Å². The Balaban J connectivity index is 0.00000196. The summed E-state index contributed by atoms with van der Waals surface area (Å²) < 4.78 is 0. The van der Waals surface area contributed by atoms with Gasteiger partial charge < -0.3 is 5.73 Å². The highest BCUT2D eigenvalue weighted by molar-refractivity contribution is 6.35. The highest BCUT2D eigenvalue weighted by Crippen LogP contribution is 2.37. The Morgan fingerprint density at radius 2 is 1.60 bits per heavy atom. The molecule has 1 atom stereocenters. The lowest BCUT2D eigenvalue weighted by molar-refractivity contribution is 0.327. The van der Waals surface area contributed by atoms with E-state index in [-0.39, 0.29) is 23.9 Å². The predicted octanol–water partition coefficient (Wildman–Crippen LogP) is 3.86. The fourth-order valence-corrected chi connectivity index (χ4v) is 1.75. The highest BCUT2D eigenvalue weighted by atomic mass is 35.5. The second-order valence-corrected chi connectivity index (χ2v) is 5.17. The molecule has 0 aliphatic heterocycles. The van der Waals surface area contributed by atoms with Crippen molar-refractivity contribution < 1.29 is 0 Å². The third-order valence-corrected chi connectivity index (χ3v) is 2.74. The van der Waals surface area contributed by atoms with Crippen LogP contribution in [0.2, 0.25) is 10.0 Å². The molecule has 1 aromatic heterocycles. The van der Waals surface area contributed by atoms with Crippen LogP contribution in [0, 0.1) is 5.41 Å². The Kier molecular flexibility index (Phi) is 5.34. The van der Waals surface area contributed by atoms with Crippen LogP contribution in [-0.2, 0) is 0 Å². The van der Waals surface area contributed by atoms with Gasteiger partial charge in [0.05, 0.1) is 10.0 Å². The van der Waals surface area contributed by atoms with Crippen molar-refractivity contribution in [2.24, 2.45) is 11.1 Å². The van der Waals surface area contributed by atoms with Crippen LogP contribution in [0.5, 0.6) is 0 Å². The summed E-state index contributed by atoms with van der Waals surface area (Å²) >= 11 is 12.0. The summed E-state index contributed by atoms with van der Waals surface area (Å²) in [5, 5.41) is 1.06. The molecule has 0 saturated heterocycles. The van der Waals surface area contributed by atoms with Crippen molar-refractivity contribution in [1.29, 1.82) is 0 Å². The molecule has 0 aliphatic rings. The van der Waals surface area contributed by atoms with Gasteiger partial charge in [0.1, 0.15) is 0 Å². The van der Waals surface area contributed by atoms with Gasteiger partial charge in [-0.25, -0.2) is 0 Å². The standard InChI is InChI=1S/C10H14Cl2N2.ClH/c1-10(2,3)9(13)8-6(11)4-14-5-7(8)12;/h4-5,9H,13H2,1-3H3;1H/t9-;/m1./s1. The topological polar surface area (TPSA) is 38.9 Å². The number of pyridine rings is 1. The van der Waals surface area contributed by atoms with Crippen molar-refractivity contribution >= 4 is 35.6 Å². The minimum Gasteiger partial charge on any atom is -0.323 e. The van der Waals surface area contributed by atoms with Gasteiger partial charge >= 0.3 is 0 Å². The van der Waals surface area contributed by atoms with Gasteiger partial charge in [-0.1, -0.05) is 44.0 Å². The average molecular weight is 270 g/mol. The molecule has 86 valence electrons. The first-order chi connectivity index (χ1) is 6.34. The highest BCUT2D eigenvalue weighted by Gasteiger charge is 2.26. The average Bonchev–Trinajstić information content (AvgIpc) is 2.01. The molecule has 1 aromatic rings. The van der Waals surface area contributed by atoms with Gasteiger partial charge in [0, 0.05) is 24.0 Å². The van der Waals surface area contributed by atoms with E-state index in [0.717, 1.165) is 5.56 Å². The number of hydrogen-bond donors (Lipinski definition) is 1. The molecule has 0 saturated carbocycles. The summed E-state index contributed by atoms with van der Waals surface area (Å²) in [6.45, 7) is 6.14. The lowest BCUT2D eigenvalue weighted by Crippen LogP contribution is -2.26. The van der Waals surface area contributed by atoms with Crippen molar-refractivity contribution in [2.45, 2.75) is 26.8 Å². The lowest BCUT2D eigenvalue weighted by Gasteiger charge is -2.28. The number of nitrogens with two attached hydrogens (primary N) is 1. The van der Waals surface area contributed by atoms with E-state index in [2.05, 4.69) is 4.98 Å². The largest absolute Gasteiger partial charge is 0.323 e. The first-order valence-electron chi connectivity index (χ1n) is 4.38. The monoisotopic (exact) mass is 268 g/mol. The second kappa shape index (κ2) is 5.35. The molecular formula is C10H15Cl3N2. The fraction of sp³-hybridized carbons (Fsp3) is 0.500. The minimum atomic E-state index is -0.189. The van der Waals surface area contributed by atoms with Crippen LogP contribution in [-0.4, -0.2) is 4.98 Å². The van der Waals surface area contributed by atoms with Gasteiger partial charge in [-0.05, 0) is 5.41 Å². The van der Waals surface area contributed by atoms with Crippen molar-refractivity contribution in [3.8, 4) is 0 Å². The maximum absolute atomic E-state index is 6.08. The Bertz CT molecular complexity index is 314. The van der Waals surface area contributed by atoms with Crippen LogP contribution in [0.4, 0.5) is 0 Å². The summed E-state index contributed by atoms with van der Waals surface area (Å²) in [6.07, 6.45) is 3.13. The van der Waals surface area contributed by atoms with Gasteiger partial charge in [-0.2, -0.15) is 0 Å². The number of hydrogen-bond acceptors (Lipinski definition) is 2. The first-order valence-corrected chi connectivity index (χ1v) is 5.14. The van der Waals surface area contributed by atoms with Gasteiger partial charge in [-0.15, -0.1) is 12.4 Å². The van der Waals surface area contributed by atoms with Gasteiger partial charge in [0.15, 0.2) is 0 Å². The summed E-state index contributed by atoms with van der Waals surface area (Å²) in [4.78, 5) is 3.89. The van der Waals surface area contributed by atoms with E-state index in [1.54, 1.807) is 12.4 Å². The van der Waals surface area contributed by atoms with Gasteiger partial charge in [-0.3, -0.25) is 4.98 Å². The molecule has 1 rings (SSSR count). The van der Waals surface area contributed by atoms with Crippen molar-refractivity contribution in [3.63, 3.8) is 0 Å². The molecule has 2 nitrogen and oxygen atoms in total. The Morgan fingerprint density at radius 1 is 1.20 bits per heavy atom. The van der Waals surface area contributed by atoms with E-state index in [4.69, 9.17) is 28.9 Å². The summed E-state index contributed by atoms with van der Waals surface area (Å²) in [5.41, 5.74) is 6.78. The Hall–Kier alpha value is -0.0200. The van der Waals surface area contributed by atoms with E-state index in [1.807, 2.05) is 20.8 Å². The van der Waals surface area contributed by atoms with Crippen LogP contribution < -0.4 is 5.73 Å². The zero-order valence-corrected chi connectivity index (χ0v) is 11.2. The lowest BCUT2D eigenvalue weighted by atomic mass is 9.83. The predicted molar refractivity (Wildman–Crippen MR) is 67.9 cm³/mol. The first kappa shape index (κ1) is 15.0. The number of rotatable bonds is 1. The molecule has 0 spiro atoms. The fourth-order valence-electron chi connectivity index (χ4n) is 1.15. The summed E-state index contributed by atoms with van der Waals surface area (Å²) in [7, 11) is 0. The number of nitrogens with zero attached hydrogens (tertiary/aromatic N) is 1. The number of halogens is 3. The molecule has 0 aromatic carbocycles. The van der Waals surface area contributed by atoms with E-state index in [9.17, 15) is 0 Å². The minimum absolute atomic E-state index is 0. The van der Waals surface area contributed by atoms with Crippen molar-refractivity contribution in [1.82, 2.24) is 4.98 Å². The van der Waals surface area contributed by atoms with E-state index < -0.39 is 0 Å². The third kappa shape index (κ3) is 3.49. The zero-order valence-electron chi connectivity index (χ0n) is 8.92. The molecule has 0 aliphatic carbocycles. The van der Waals surface area contributed by atoms with Crippen molar-refractivity contribution in [2.75, 3.05) is 0 Å². The molecule has 0 fully saturated rings. The molecule has 0 unspecified atom stereocenters. The maximum atomic E-state index is 6.08. The van der Waals surface area contributed by atoms with Crippen LogP contribution >= 0.6 is 35.6 Å². The van der Waals surface area contributed by atoms with Crippen LogP contribution in [0.25, 0.3) is 0 Å². The van der Waals surface area contributed by atoms with Gasteiger partial charge in [0.2, 0.25) is 0 Å². The molecule has 0 amide bonds. The molecular weight excluding hydrogens is 254 g/mol. The van der Waals surface area contributed by atoms with Crippen LogP contribution in [0.3, 0.4) is 0 Å². The quantitative estimate of drug-likeness (QED) is 0.841. The molecule has 2 N–H and O–H groups in total. The van der Waals surface area contributed by atoms with Gasteiger partial charge in [0.25, 0.3) is 0 Å². The molecule has 0 bridgehead atoms. The summed E-state index contributed by atoms with van der Waals surface area (Å²) in [6, 6.07) is -0.189. The maximum Gasteiger partial charge on any atom is 0.0652 e. The summed E-state index contributed by atoms with van der Waals surface area (Å²) in [5.74, 6) is 0. The smallest absolute Gasteiger partial charge is 0.0652 e. The Labute approximate surface area is 107 Å². The van der Waals surface area contributed by atoms with E-state index in [0.29, 0.717) is 10.0 Å². The molecule has 5 heteroatoms. The third-order valence-electron chi connectivity index (χ3n) is 2.13. The van der Waals surface area contributed by atoms with E-state index >= 15 is 0 Å². The number of aromatic nitrogens is 1. The Morgan fingerprint density at radius 3 is 1.93 bits per heavy atom. The molecule has 0 radical (unpaired) electrons. The van der Waals surface area contributed by atoms with E-state index in [1.165, 1.54) is 0 Å². The van der Waals surface area contributed by atoms with Crippen LogP contribution in [0.1, 0.15) is 32.4 Å². The zero-order chi connectivity index (χ0) is 10.9. The van der Waals surface area contributed by atoms with Crippen molar-refractivity contribution in [3.05, 3.63) is 28.0 Å². The second-order valence-electron chi connectivity index (χ2n) is 4.36. The molecule has 15 heavy (non-hydrogen) atoms.